The predicted molar refractivity (Wildman–Crippen MR) is 101 cm³/mol. The highest BCUT2D eigenvalue weighted by Crippen LogP contribution is 2.45. The lowest BCUT2D eigenvalue weighted by Gasteiger charge is -2.46. The lowest BCUT2D eigenvalue weighted by Crippen LogP contribution is -2.47. The first-order valence-electron chi connectivity index (χ1n) is 9.32. The van der Waals surface area contributed by atoms with E-state index in [2.05, 4.69) is 38.1 Å². The molecule has 0 spiro atoms. The van der Waals surface area contributed by atoms with Gasteiger partial charge in [0.15, 0.2) is 0 Å². The zero-order chi connectivity index (χ0) is 18.5. The van der Waals surface area contributed by atoms with Crippen LogP contribution in [-0.2, 0) is 19.7 Å². The van der Waals surface area contributed by atoms with Crippen molar-refractivity contribution in [2.75, 3.05) is 27.2 Å². The van der Waals surface area contributed by atoms with E-state index in [1.165, 1.54) is 5.56 Å². The van der Waals surface area contributed by atoms with Crippen LogP contribution in [0.5, 0.6) is 0 Å². The van der Waals surface area contributed by atoms with E-state index in [-0.39, 0.29) is 23.1 Å². The van der Waals surface area contributed by atoms with Crippen LogP contribution < -0.4 is 0 Å². The van der Waals surface area contributed by atoms with Gasteiger partial charge in [-0.25, -0.2) is 0 Å². The second-order valence-electron chi connectivity index (χ2n) is 7.96. The molecule has 2 rings (SSSR count). The first kappa shape index (κ1) is 19.9. The molecule has 1 aromatic rings. The van der Waals surface area contributed by atoms with Crippen LogP contribution in [0.1, 0.15) is 52.0 Å². The highest BCUT2D eigenvalue weighted by atomic mass is 16.5. The summed E-state index contributed by atoms with van der Waals surface area (Å²) in [6.07, 6.45) is 2.94. The first-order valence-corrected chi connectivity index (χ1v) is 9.32. The van der Waals surface area contributed by atoms with Gasteiger partial charge in [0.1, 0.15) is 6.10 Å². The second kappa shape index (κ2) is 8.33. The molecule has 1 aromatic carbocycles. The average molecular weight is 347 g/mol. The Hall–Kier alpha value is -1.39. The van der Waals surface area contributed by atoms with Crippen LogP contribution in [-0.4, -0.2) is 49.8 Å². The topological polar surface area (TPSA) is 38.8 Å². The van der Waals surface area contributed by atoms with Crippen molar-refractivity contribution in [1.82, 2.24) is 4.90 Å². The fourth-order valence-corrected chi connectivity index (χ4v) is 3.96. The molecule has 4 heteroatoms. The molecule has 0 N–H and O–H groups in total. The largest absolute Gasteiger partial charge is 0.461 e. The molecule has 1 aliphatic rings. The lowest BCUT2D eigenvalue weighted by molar-refractivity contribution is -0.154. The molecule has 1 fully saturated rings. The summed E-state index contributed by atoms with van der Waals surface area (Å²) < 4.78 is 11.7. The normalized spacial score (nSPS) is 27.9. The second-order valence-corrected chi connectivity index (χ2v) is 7.96. The third-order valence-corrected chi connectivity index (χ3v) is 5.32. The maximum Gasteiger partial charge on any atom is 0.307 e. The van der Waals surface area contributed by atoms with Gasteiger partial charge in [0, 0.05) is 18.6 Å². The van der Waals surface area contributed by atoms with Crippen molar-refractivity contribution in [3.8, 4) is 0 Å². The van der Waals surface area contributed by atoms with Crippen LogP contribution in [0.4, 0.5) is 0 Å². The lowest BCUT2D eigenvalue weighted by atomic mass is 9.66. The quantitative estimate of drug-likeness (QED) is 0.704. The molecule has 0 unspecified atom stereocenters. The van der Waals surface area contributed by atoms with E-state index < -0.39 is 0 Å². The molecule has 0 saturated carbocycles. The summed E-state index contributed by atoms with van der Waals surface area (Å²) in [6.45, 7) is 7.68. The molecule has 0 aromatic heterocycles. The number of benzene rings is 1. The Kier molecular flexibility index (Phi) is 6.64. The van der Waals surface area contributed by atoms with E-state index in [0.717, 1.165) is 25.8 Å². The van der Waals surface area contributed by atoms with Gasteiger partial charge < -0.3 is 14.4 Å². The minimum atomic E-state index is -0.209. The number of esters is 1. The van der Waals surface area contributed by atoms with Crippen molar-refractivity contribution < 1.29 is 14.3 Å². The van der Waals surface area contributed by atoms with Crippen LogP contribution >= 0.6 is 0 Å². The Morgan fingerprint density at radius 3 is 2.60 bits per heavy atom. The van der Waals surface area contributed by atoms with Gasteiger partial charge >= 0.3 is 5.97 Å². The smallest absolute Gasteiger partial charge is 0.307 e. The summed E-state index contributed by atoms with van der Waals surface area (Å²) >= 11 is 0. The Morgan fingerprint density at radius 1 is 1.32 bits per heavy atom. The van der Waals surface area contributed by atoms with E-state index in [0.29, 0.717) is 13.0 Å². The Labute approximate surface area is 152 Å². The first-order chi connectivity index (χ1) is 11.8. The van der Waals surface area contributed by atoms with E-state index in [1.807, 2.05) is 32.0 Å². The average Bonchev–Trinajstić information content (AvgIpc) is 2.54. The van der Waals surface area contributed by atoms with Crippen molar-refractivity contribution in [1.29, 1.82) is 0 Å². The Bertz CT molecular complexity index is 560. The number of ether oxygens (including phenoxy) is 2. The fraction of sp³-hybridized carbons (Fsp3) is 0.667. The van der Waals surface area contributed by atoms with Crippen LogP contribution in [0.3, 0.4) is 0 Å². The van der Waals surface area contributed by atoms with Gasteiger partial charge in [-0.1, -0.05) is 37.3 Å². The summed E-state index contributed by atoms with van der Waals surface area (Å²) in [5.41, 5.74) is 0.818. The van der Waals surface area contributed by atoms with Gasteiger partial charge in [-0.3, -0.25) is 4.79 Å². The number of rotatable bonds is 7. The molecule has 3 atom stereocenters. The number of hydrogen-bond donors (Lipinski definition) is 0. The third-order valence-electron chi connectivity index (χ3n) is 5.32. The van der Waals surface area contributed by atoms with Gasteiger partial charge in [-0.2, -0.15) is 0 Å². The van der Waals surface area contributed by atoms with Crippen LogP contribution in [0.15, 0.2) is 30.3 Å². The molecule has 140 valence electrons. The Balaban J connectivity index is 2.20. The molecule has 0 aliphatic carbocycles. The van der Waals surface area contributed by atoms with E-state index >= 15 is 0 Å². The Morgan fingerprint density at radius 2 is 2.00 bits per heavy atom. The van der Waals surface area contributed by atoms with Gasteiger partial charge in [0.25, 0.3) is 0 Å². The van der Waals surface area contributed by atoms with Crippen molar-refractivity contribution in [3.05, 3.63) is 35.9 Å². The molecule has 0 radical (unpaired) electrons. The maximum atomic E-state index is 12.7. The van der Waals surface area contributed by atoms with Gasteiger partial charge in [0.2, 0.25) is 0 Å². The fourth-order valence-electron chi connectivity index (χ4n) is 3.96. The summed E-state index contributed by atoms with van der Waals surface area (Å²) in [5, 5.41) is 0. The molecule has 1 saturated heterocycles. The number of likely N-dealkylation sites (N-methyl/N-ethyl adjacent to an activating group) is 1. The minimum Gasteiger partial charge on any atom is -0.461 e. The zero-order valence-electron chi connectivity index (χ0n) is 16.4. The number of hydrogen-bond acceptors (Lipinski definition) is 4. The summed E-state index contributed by atoms with van der Waals surface area (Å²) in [4.78, 5) is 14.7. The van der Waals surface area contributed by atoms with Crippen LogP contribution in [0.2, 0.25) is 0 Å². The maximum absolute atomic E-state index is 12.7. The monoisotopic (exact) mass is 347 g/mol. The minimum absolute atomic E-state index is 0.104. The molecule has 1 aliphatic heterocycles. The number of carbonyl (C=O) groups is 1. The van der Waals surface area contributed by atoms with Gasteiger partial charge in [0.05, 0.1) is 12.0 Å². The van der Waals surface area contributed by atoms with Crippen LogP contribution in [0.25, 0.3) is 0 Å². The number of carbonyl (C=O) groups excluding carboxylic acids is 1. The zero-order valence-corrected chi connectivity index (χ0v) is 16.4. The molecular formula is C21H33NO3. The van der Waals surface area contributed by atoms with Crippen molar-refractivity contribution in [2.45, 2.75) is 63.6 Å². The molecule has 1 heterocycles. The van der Waals surface area contributed by atoms with E-state index in [9.17, 15) is 4.79 Å². The van der Waals surface area contributed by atoms with Crippen molar-refractivity contribution in [2.24, 2.45) is 0 Å². The molecule has 25 heavy (non-hydrogen) atoms. The van der Waals surface area contributed by atoms with E-state index in [4.69, 9.17) is 9.47 Å². The molecule has 0 bridgehead atoms. The summed E-state index contributed by atoms with van der Waals surface area (Å²) in [5.74, 6) is -0.112. The standard InChI is InChI=1S/C21H33NO3/c1-6-20(3)16-21(12-13-24-20,18-10-8-7-9-11-18)14-19(23)25-17(2)15-22(4)5/h7-11,17H,6,12-16H2,1-5H3/t17-,20-,21+/m1/s1. The van der Waals surface area contributed by atoms with Gasteiger partial charge in [-0.05, 0) is 52.8 Å². The van der Waals surface area contributed by atoms with E-state index in [1.54, 1.807) is 0 Å². The molecular weight excluding hydrogens is 314 g/mol. The highest BCUT2D eigenvalue weighted by Gasteiger charge is 2.45. The third kappa shape index (κ3) is 5.29. The summed E-state index contributed by atoms with van der Waals surface area (Å²) in [6, 6.07) is 10.4. The van der Waals surface area contributed by atoms with Gasteiger partial charge in [-0.15, -0.1) is 0 Å². The SMILES string of the molecule is CC[C@]1(C)C[C@](CC(=O)O[C@H](C)CN(C)C)(c2ccccc2)CCO1. The summed E-state index contributed by atoms with van der Waals surface area (Å²) in [7, 11) is 3.97. The molecule has 4 nitrogen and oxygen atoms in total. The van der Waals surface area contributed by atoms with Crippen molar-refractivity contribution in [3.63, 3.8) is 0 Å². The van der Waals surface area contributed by atoms with Crippen molar-refractivity contribution >= 4 is 5.97 Å². The predicted octanol–water partition coefficient (Wildman–Crippen LogP) is 3.79. The highest BCUT2D eigenvalue weighted by molar-refractivity contribution is 5.72. The molecule has 0 amide bonds. The van der Waals surface area contributed by atoms with Crippen LogP contribution in [0, 0.1) is 0 Å². The number of nitrogens with zero attached hydrogens (tertiary/aromatic N) is 1.